The first kappa shape index (κ1) is 22.0. The van der Waals surface area contributed by atoms with Crippen LogP contribution in [0.2, 0.25) is 18.1 Å². The molecule has 0 saturated carbocycles. The summed E-state index contributed by atoms with van der Waals surface area (Å²) in [6, 6.07) is 8.03. The quantitative estimate of drug-likeness (QED) is 0.717. The molecule has 7 heteroatoms. The lowest BCUT2D eigenvalue weighted by Gasteiger charge is -2.37. The number of hydrogen-bond acceptors (Lipinski definition) is 4. The summed E-state index contributed by atoms with van der Waals surface area (Å²) in [5.74, 6) is -0.620. The van der Waals surface area contributed by atoms with Gasteiger partial charge in [0.25, 0.3) is 11.5 Å². The molecule has 0 aliphatic heterocycles. The van der Waals surface area contributed by atoms with Crippen molar-refractivity contribution >= 4 is 14.2 Å². The standard InChI is InChI=1S/C21H30N2O4Si/c1-15-13-22(16(2)14-27-28(6,7)21(3,4)5)20(26)23(18(15)24)19(25)17-11-9-8-10-12-17/h8-13,16H,14H2,1-7H3. The van der Waals surface area contributed by atoms with Crippen LogP contribution in [-0.4, -0.2) is 30.0 Å². The average molecular weight is 403 g/mol. The van der Waals surface area contributed by atoms with Gasteiger partial charge in [-0.25, -0.2) is 4.79 Å². The van der Waals surface area contributed by atoms with E-state index in [0.717, 1.165) is 0 Å². The van der Waals surface area contributed by atoms with E-state index in [9.17, 15) is 14.4 Å². The largest absolute Gasteiger partial charge is 0.415 e. The van der Waals surface area contributed by atoms with Gasteiger partial charge in [0.2, 0.25) is 0 Å². The van der Waals surface area contributed by atoms with Crippen molar-refractivity contribution in [3.05, 3.63) is 68.5 Å². The summed E-state index contributed by atoms with van der Waals surface area (Å²) in [5, 5.41) is 0.0512. The highest BCUT2D eigenvalue weighted by Crippen LogP contribution is 2.36. The zero-order valence-electron chi connectivity index (χ0n) is 17.8. The lowest BCUT2D eigenvalue weighted by Crippen LogP contribution is -2.47. The smallest absolute Gasteiger partial charge is 0.338 e. The van der Waals surface area contributed by atoms with Gasteiger partial charge in [-0.2, -0.15) is 4.57 Å². The minimum Gasteiger partial charge on any atom is -0.415 e. The summed E-state index contributed by atoms with van der Waals surface area (Å²) < 4.78 is 8.36. The Morgan fingerprint density at radius 3 is 2.25 bits per heavy atom. The molecule has 0 aliphatic carbocycles. The monoisotopic (exact) mass is 402 g/mol. The van der Waals surface area contributed by atoms with Crippen LogP contribution in [0.15, 0.2) is 46.1 Å². The fourth-order valence-electron chi connectivity index (χ4n) is 2.53. The molecule has 28 heavy (non-hydrogen) atoms. The highest BCUT2D eigenvalue weighted by molar-refractivity contribution is 6.74. The van der Waals surface area contributed by atoms with Crippen LogP contribution in [0.4, 0.5) is 0 Å². The van der Waals surface area contributed by atoms with Gasteiger partial charge < -0.3 is 4.43 Å². The summed E-state index contributed by atoms with van der Waals surface area (Å²) in [4.78, 5) is 38.3. The fourth-order valence-corrected chi connectivity index (χ4v) is 3.62. The molecule has 0 spiro atoms. The molecule has 1 heterocycles. The first-order valence-corrected chi connectivity index (χ1v) is 12.4. The molecular weight excluding hydrogens is 372 g/mol. The number of nitrogens with zero attached hydrogens (tertiary/aromatic N) is 2. The maximum absolute atomic E-state index is 13.0. The molecule has 0 saturated heterocycles. The summed E-state index contributed by atoms with van der Waals surface area (Å²) in [5.41, 5.74) is -0.601. The van der Waals surface area contributed by atoms with E-state index in [0.29, 0.717) is 22.3 Å². The average Bonchev–Trinajstić information content (AvgIpc) is 2.62. The molecule has 152 valence electrons. The van der Waals surface area contributed by atoms with Crippen LogP contribution >= 0.6 is 0 Å². The third-order valence-electron chi connectivity index (χ3n) is 5.48. The van der Waals surface area contributed by atoms with Crippen LogP contribution in [0.1, 0.15) is 49.7 Å². The molecule has 2 aromatic rings. The Morgan fingerprint density at radius 1 is 1.14 bits per heavy atom. The highest BCUT2D eigenvalue weighted by Gasteiger charge is 2.37. The molecule has 1 aromatic carbocycles. The van der Waals surface area contributed by atoms with Crippen molar-refractivity contribution in [3.8, 4) is 0 Å². The van der Waals surface area contributed by atoms with Gasteiger partial charge in [0.15, 0.2) is 8.32 Å². The molecule has 0 radical (unpaired) electrons. The number of aromatic nitrogens is 2. The maximum Gasteiger partial charge on any atom is 0.338 e. The number of rotatable bonds is 5. The molecule has 0 fully saturated rings. The van der Waals surface area contributed by atoms with E-state index in [1.54, 1.807) is 37.3 Å². The van der Waals surface area contributed by atoms with Gasteiger partial charge in [-0.1, -0.05) is 39.0 Å². The van der Waals surface area contributed by atoms with Crippen LogP contribution in [0.5, 0.6) is 0 Å². The van der Waals surface area contributed by atoms with Crippen molar-refractivity contribution < 1.29 is 9.22 Å². The predicted molar refractivity (Wildman–Crippen MR) is 114 cm³/mol. The first-order valence-electron chi connectivity index (χ1n) is 9.45. The van der Waals surface area contributed by atoms with E-state index in [4.69, 9.17) is 4.43 Å². The van der Waals surface area contributed by atoms with Gasteiger partial charge in [0.1, 0.15) is 0 Å². The van der Waals surface area contributed by atoms with Crippen LogP contribution in [0.25, 0.3) is 0 Å². The number of aryl methyl sites for hydroxylation is 1. The lowest BCUT2D eigenvalue weighted by atomic mass is 10.2. The Morgan fingerprint density at radius 2 is 1.71 bits per heavy atom. The molecule has 1 atom stereocenters. The molecule has 0 N–H and O–H groups in total. The predicted octanol–water partition coefficient (Wildman–Crippen LogP) is 3.59. The fraction of sp³-hybridized carbons (Fsp3) is 0.476. The second kappa shape index (κ2) is 8.01. The maximum atomic E-state index is 13.0. The van der Waals surface area contributed by atoms with Crippen molar-refractivity contribution in [1.82, 2.24) is 9.13 Å². The van der Waals surface area contributed by atoms with E-state index >= 15 is 0 Å². The molecule has 1 unspecified atom stereocenters. The molecule has 6 nitrogen and oxygen atoms in total. The highest BCUT2D eigenvalue weighted by atomic mass is 28.4. The number of carbonyl (C=O) groups is 1. The van der Waals surface area contributed by atoms with Gasteiger partial charge in [0.05, 0.1) is 12.6 Å². The van der Waals surface area contributed by atoms with Crippen molar-refractivity contribution in [2.45, 2.75) is 58.8 Å². The summed E-state index contributed by atoms with van der Waals surface area (Å²) in [6.07, 6.45) is 1.51. The van der Waals surface area contributed by atoms with E-state index < -0.39 is 25.5 Å². The Balaban J connectivity index is 2.42. The zero-order chi connectivity index (χ0) is 21.3. The minimum atomic E-state index is -1.98. The van der Waals surface area contributed by atoms with E-state index in [-0.39, 0.29) is 11.1 Å². The molecule has 0 bridgehead atoms. The summed E-state index contributed by atoms with van der Waals surface area (Å²) in [7, 11) is -1.98. The normalized spacial score (nSPS) is 13.4. The Kier molecular flexibility index (Phi) is 6.30. The first-order chi connectivity index (χ1) is 12.9. The van der Waals surface area contributed by atoms with Crippen LogP contribution < -0.4 is 11.2 Å². The van der Waals surface area contributed by atoms with Crippen molar-refractivity contribution in [2.75, 3.05) is 6.61 Å². The van der Waals surface area contributed by atoms with Gasteiger partial charge in [-0.3, -0.25) is 14.2 Å². The molecule has 0 amide bonds. The molecule has 2 rings (SSSR count). The van der Waals surface area contributed by atoms with E-state index in [1.807, 2.05) is 6.92 Å². The Hall–Kier alpha value is -2.25. The second-order valence-corrected chi connectivity index (χ2v) is 13.5. The zero-order valence-corrected chi connectivity index (χ0v) is 18.8. The number of carbonyl (C=O) groups excluding carboxylic acids is 1. The van der Waals surface area contributed by atoms with E-state index in [1.165, 1.54) is 10.8 Å². The van der Waals surface area contributed by atoms with Gasteiger partial charge in [-0.15, -0.1) is 0 Å². The van der Waals surface area contributed by atoms with Crippen LogP contribution in [0, 0.1) is 6.92 Å². The molecule has 1 aromatic heterocycles. The van der Waals surface area contributed by atoms with E-state index in [2.05, 4.69) is 33.9 Å². The molecule has 0 aliphatic rings. The number of benzene rings is 1. The Bertz CT molecular complexity index is 969. The third-order valence-corrected chi connectivity index (χ3v) is 9.98. The van der Waals surface area contributed by atoms with Gasteiger partial charge >= 0.3 is 5.69 Å². The van der Waals surface area contributed by atoms with Crippen LogP contribution in [0.3, 0.4) is 0 Å². The topological polar surface area (TPSA) is 70.3 Å². The van der Waals surface area contributed by atoms with Crippen LogP contribution in [-0.2, 0) is 4.43 Å². The second-order valence-electron chi connectivity index (χ2n) is 8.73. The van der Waals surface area contributed by atoms with Crippen molar-refractivity contribution in [3.63, 3.8) is 0 Å². The van der Waals surface area contributed by atoms with Crippen molar-refractivity contribution in [1.29, 1.82) is 0 Å². The molecular formula is C21H30N2O4Si. The number of hydrogen-bond donors (Lipinski definition) is 0. The third kappa shape index (κ3) is 4.42. The van der Waals surface area contributed by atoms with Gasteiger partial charge in [0, 0.05) is 17.3 Å². The minimum absolute atomic E-state index is 0.0512. The summed E-state index contributed by atoms with van der Waals surface area (Å²) in [6.45, 7) is 14.6. The Labute approximate surface area is 166 Å². The summed E-state index contributed by atoms with van der Waals surface area (Å²) >= 11 is 0. The van der Waals surface area contributed by atoms with Gasteiger partial charge in [-0.05, 0) is 44.1 Å². The SMILES string of the molecule is Cc1cn(C(C)CO[Si](C)(C)C(C)(C)C)c(=O)n(C(=O)c2ccccc2)c1=O. The lowest BCUT2D eigenvalue weighted by molar-refractivity contribution is 0.0946. The van der Waals surface area contributed by atoms with Crippen molar-refractivity contribution in [2.24, 2.45) is 0 Å².